The van der Waals surface area contributed by atoms with Crippen molar-refractivity contribution in [1.82, 2.24) is 0 Å². The summed E-state index contributed by atoms with van der Waals surface area (Å²) in [7, 11) is 0. The molecule has 0 saturated heterocycles. The Morgan fingerprint density at radius 3 is 2.47 bits per heavy atom. The monoisotopic (exact) mass is 333 g/mol. The van der Waals surface area contributed by atoms with E-state index in [0.29, 0.717) is 17.4 Å². The molecular weight excluding hydrogens is 312 g/mol. The molecule has 0 amide bonds. The molecule has 19 heavy (non-hydrogen) atoms. The molecule has 1 rings (SSSR count). The van der Waals surface area contributed by atoms with Crippen LogP contribution in [-0.4, -0.2) is 6.54 Å². The fourth-order valence-electron chi connectivity index (χ4n) is 2.37. The zero-order valence-corrected chi connectivity index (χ0v) is 13.2. The molecule has 1 nitrogen and oxygen atoms in total. The number of unbranched alkanes of at least 4 members (excludes halogenated alkanes) is 1. The van der Waals surface area contributed by atoms with E-state index in [1.54, 1.807) is 0 Å². The second kappa shape index (κ2) is 7.34. The van der Waals surface area contributed by atoms with Gasteiger partial charge in [-0.25, -0.2) is 8.78 Å². The Labute approximate surface area is 122 Å². The van der Waals surface area contributed by atoms with E-state index in [9.17, 15) is 8.78 Å². The van der Waals surface area contributed by atoms with Gasteiger partial charge >= 0.3 is 0 Å². The lowest BCUT2D eigenvalue weighted by Gasteiger charge is -2.32. The maximum atomic E-state index is 14.1. The van der Waals surface area contributed by atoms with E-state index in [1.807, 2.05) is 6.92 Å². The van der Waals surface area contributed by atoms with E-state index in [4.69, 9.17) is 5.73 Å². The molecule has 2 N–H and O–H groups in total. The minimum atomic E-state index is -0.497. The van der Waals surface area contributed by atoms with Gasteiger partial charge in [-0.1, -0.05) is 26.7 Å². The van der Waals surface area contributed by atoms with Crippen LogP contribution in [0.1, 0.15) is 45.1 Å². The molecule has 1 atom stereocenters. The van der Waals surface area contributed by atoms with Crippen molar-refractivity contribution in [2.24, 2.45) is 11.1 Å². The van der Waals surface area contributed by atoms with Crippen LogP contribution in [0.2, 0.25) is 0 Å². The lowest BCUT2D eigenvalue weighted by molar-refractivity contribution is 0.245. The van der Waals surface area contributed by atoms with E-state index in [1.165, 1.54) is 12.1 Å². The SMILES string of the molecule is CCCCC(CC)(CN)Cc1c(F)ccc(Br)c1F. The molecule has 0 spiro atoms. The van der Waals surface area contributed by atoms with Crippen molar-refractivity contribution in [3.05, 3.63) is 33.8 Å². The van der Waals surface area contributed by atoms with Gasteiger partial charge in [0.2, 0.25) is 0 Å². The second-order valence-electron chi connectivity index (χ2n) is 5.16. The maximum absolute atomic E-state index is 14.1. The first-order valence-corrected chi connectivity index (χ1v) is 7.61. The van der Waals surface area contributed by atoms with Crippen molar-refractivity contribution in [1.29, 1.82) is 0 Å². The molecule has 0 radical (unpaired) electrons. The Morgan fingerprint density at radius 2 is 1.95 bits per heavy atom. The average molecular weight is 334 g/mol. The van der Waals surface area contributed by atoms with Crippen LogP contribution in [0.25, 0.3) is 0 Å². The van der Waals surface area contributed by atoms with Gasteiger partial charge in [-0.15, -0.1) is 0 Å². The van der Waals surface area contributed by atoms with Crippen molar-refractivity contribution < 1.29 is 8.78 Å². The number of hydrogen-bond donors (Lipinski definition) is 1. The Bertz CT molecular complexity index is 417. The Morgan fingerprint density at radius 1 is 1.26 bits per heavy atom. The third-order valence-electron chi connectivity index (χ3n) is 3.93. The topological polar surface area (TPSA) is 26.0 Å². The zero-order valence-electron chi connectivity index (χ0n) is 11.6. The molecule has 4 heteroatoms. The van der Waals surface area contributed by atoms with Crippen LogP contribution in [0.15, 0.2) is 16.6 Å². The Balaban J connectivity index is 3.06. The summed E-state index contributed by atoms with van der Waals surface area (Å²) in [5, 5.41) is 0. The quantitative estimate of drug-likeness (QED) is 0.711. The predicted molar refractivity (Wildman–Crippen MR) is 79.1 cm³/mol. The molecule has 0 aliphatic rings. The summed E-state index contributed by atoms with van der Waals surface area (Å²) in [6, 6.07) is 2.70. The molecule has 1 aromatic rings. The van der Waals surface area contributed by atoms with Crippen LogP contribution >= 0.6 is 15.9 Å². The number of benzene rings is 1. The molecule has 0 fully saturated rings. The van der Waals surface area contributed by atoms with Gasteiger partial charge in [0.05, 0.1) is 4.47 Å². The van der Waals surface area contributed by atoms with Crippen molar-refractivity contribution in [3.63, 3.8) is 0 Å². The van der Waals surface area contributed by atoms with E-state index in [2.05, 4.69) is 22.9 Å². The van der Waals surface area contributed by atoms with E-state index >= 15 is 0 Å². The number of rotatable bonds is 7. The van der Waals surface area contributed by atoms with Crippen LogP contribution in [-0.2, 0) is 6.42 Å². The maximum Gasteiger partial charge on any atom is 0.143 e. The number of nitrogens with two attached hydrogens (primary N) is 1. The first-order chi connectivity index (χ1) is 8.99. The van der Waals surface area contributed by atoms with Gasteiger partial charge in [0, 0.05) is 5.56 Å². The highest BCUT2D eigenvalue weighted by Gasteiger charge is 2.29. The molecular formula is C15H22BrF2N. The van der Waals surface area contributed by atoms with Gasteiger partial charge < -0.3 is 5.73 Å². The Kier molecular flexibility index (Phi) is 6.40. The third kappa shape index (κ3) is 3.99. The minimum absolute atomic E-state index is 0.151. The molecule has 0 aliphatic heterocycles. The third-order valence-corrected chi connectivity index (χ3v) is 4.55. The number of hydrogen-bond acceptors (Lipinski definition) is 1. The highest BCUT2D eigenvalue weighted by Crippen LogP contribution is 2.35. The smallest absolute Gasteiger partial charge is 0.143 e. The van der Waals surface area contributed by atoms with Gasteiger partial charge in [-0.2, -0.15) is 0 Å². The molecule has 108 valence electrons. The number of halogens is 3. The standard InChI is InChI=1S/C15H22BrF2N/c1-3-5-8-15(4-2,10-19)9-11-13(17)7-6-12(16)14(11)18/h6-7H,3-5,8-10,19H2,1-2H3. The van der Waals surface area contributed by atoms with Gasteiger partial charge in [-0.3, -0.25) is 0 Å². The van der Waals surface area contributed by atoms with Gasteiger partial charge in [0.15, 0.2) is 0 Å². The van der Waals surface area contributed by atoms with Crippen LogP contribution in [0.5, 0.6) is 0 Å². The largest absolute Gasteiger partial charge is 0.330 e. The summed E-state index contributed by atoms with van der Waals surface area (Å²) in [5.74, 6) is -0.980. The molecule has 0 aromatic heterocycles. The second-order valence-corrected chi connectivity index (χ2v) is 6.01. The molecule has 0 heterocycles. The molecule has 0 aliphatic carbocycles. The fraction of sp³-hybridized carbons (Fsp3) is 0.600. The summed E-state index contributed by atoms with van der Waals surface area (Å²) in [6.45, 7) is 4.60. The van der Waals surface area contributed by atoms with Crippen LogP contribution in [0.4, 0.5) is 8.78 Å². The average Bonchev–Trinajstić information content (AvgIpc) is 2.43. The van der Waals surface area contributed by atoms with E-state index < -0.39 is 11.6 Å². The lowest BCUT2D eigenvalue weighted by atomic mass is 9.75. The van der Waals surface area contributed by atoms with E-state index in [0.717, 1.165) is 25.7 Å². The van der Waals surface area contributed by atoms with Crippen molar-refractivity contribution in [2.75, 3.05) is 6.54 Å². The highest BCUT2D eigenvalue weighted by atomic mass is 79.9. The predicted octanol–water partition coefficient (Wildman–Crippen LogP) is 4.82. The normalized spacial score (nSPS) is 14.4. The minimum Gasteiger partial charge on any atom is -0.330 e. The van der Waals surface area contributed by atoms with Crippen LogP contribution < -0.4 is 5.73 Å². The zero-order chi connectivity index (χ0) is 14.5. The summed E-state index contributed by atoms with van der Waals surface area (Å²) < 4.78 is 28.2. The van der Waals surface area contributed by atoms with Crippen molar-refractivity contribution in [2.45, 2.75) is 46.0 Å². The molecule has 0 bridgehead atoms. The molecule has 1 unspecified atom stereocenters. The molecule has 0 saturated carbocycles. The van der Waals surface area contributed by atoms with Crippen LogP contribution in [0.3, 0.4) is 0 Å². The van der Waals surface area contributed by atoms with Gasteiger partial charge in [0.1, 0.15) is 11.6 Å². The highest BCUT2D eigenvalue weighted by molar-refractivity contribution is 9.10. The first kappa shape index (κ1) is 16.6. The molecule has 1 aromatic carbocycles. The van der Waals surface area contributed by atoms with Crippen molar-refractivity contribution >= 4 is 15.9 Å². The summed E-state index contributed by atoms with van der Waals surface area (Å²) >= 11 is 3.11. The first-order valence-electron chi connectivity index (χ1n) is 6.82. The lowest BCUT2D eigenvalue weighted by Crippen LogP contribution is -2.33. The van der Waals surface area contributed by atoms with Crippen LogP contribution in [0, 0.1) is 17.0 Å². The summed E-state index contributed by atoms with van der Waals surface area (Å²) in [6.07, 6.45) is 4.18. The van der Waals surface area contributed by atoms with E-state index in [-0.39, 0.29) is 11.0 Å². The Hall–Kier alpha value is -0.480. The van der Waals surface area contributed by atoms with Gasteiger partial charge in [-0.05, 0) is 59.3 Å². The van der Waals surface area contributed by atoms with Gasteiger partial charge in [0.25, 0.3) is 0 Å². The van der Waals surface area contributed by atoms with Crippen molar-refractivity contribution in [3.8, 4) is 0 Å². The fourth-order valence-corrected chi connectivity index (χ4v) is 2.74. The summed E-state index contributed by atoms with van der Waals surface area (Å²) in [5.41, 5.74) is 5.83. The summed E-state index contributed by atoms with van der Waals surface area (Å²) in [4.78, 5) is 0.